The molecule has 21 heavy (non-hydrogen) atoms. The second-order valence-corrected chi connectivity index (χ2v) is 5.49. The molecule has 0 aliphatic rings. The van der Waals surface area contributed by atoms with E-state index in [9.17, 15) is 0 Å². The minimum absolute atomic E-state index is 0.255. The fourth-order valence-corrected chi connectivity index (χ4v) is 2.38. The molecule has 0 aromatic heterocycles. The van der Waals surface area contributed by atoms with Gasteiger partial charge in [-0.25, -0.2) is 0 Å². The molecule has 0 radical (unpaired) electrons. The first-order valence-electron chi connectivity index (χ1n) is 7.69. The van der Waals surface area contributed by atoms with E-state index in [1.165, 1.54) is 5.56 Å². The summed E-state index contributed by atoms with van der Waals surface area (Å²) in [5.41, 5.74) is 1.21. The van der Waals surface area contributed by atoms with Crippen LogP contribution in [0.25, 0.3) is 0 Å². The van der Waals surface area contributed by atoms with Crippen LogP contribution in [0.5, 0.6) is 5.75 Å². The van der Waals surface area contributed by atoms with Crippen molar-refractivity contribution in [2.45, 2.75) is 32.4 Å². The average molecular weight is 294 g/mol. The molecule has 0 saturated heterocycles. The third-order valence-electron chi connectivity index (χ3n) is 3.79. The van der Waals surface area contributed by atoms with Crippen LogP contribution in [0.15, 0.2) is 24.3 Å². The fraction of sp³-hybridized carbons (Fsp3) is 0.647. The van der Waals surface area contributed by atoms with Crippen molar-refractivity contribution in [3.05, 3.63) is 29.8 Å². The summed E-state index contributed by atoms with van der Waals surface area (Å²) in [7, 11) is 5.62. The van der Waals surface area contributed by atoms with E-state index in [1.54, 1.807) is 14.2 Å². The Hall–Kier alpha value is -1.10. The van der Waals surface area contributed by atoms with Crippen LogP contribution in [0.3, 0.4) is 0 Å². The van der Waals surface area contributed by atoms with Gasteiger partial charge in [0.2, 0.25) is 0 Å². The SMILES string of the molecule is CCCNC(CN(C)C(C)COC)c1ccccc1OC. The Morgan fingerprint density at radius 3 is 2.57 bits per heavy atom. The van der Waals surface area contributed by atoms with Crippen molar-refractivity contribution in [1.29, 1.82) is 0 Å². The molecule has 0 amide bonds. The van der Waals surface area contributed by atoms with Gasteiger partial charge in [-0.1, -0.05) is 25.1 Å². The van der Waals surface area contributed by atoms with E-state index >= 15 is 0 Å². The lowest BCUT2D eigenvalue weighted by molar-refractivity contribution is 0.109. The van der Waals surface area contributed by atoms with Crippen LogP contribution in [-0.2, 0) is 4.74 Å². The monoisotopic (exact) mass is 294 g/mol. The first-order valence-corrected chi connectivity index (χ1v) is 7.69. The maximum absolute atomic E-state index is 5.51. The van der Waals surface area contributed by atoms with Gasteiger partial charge in [-0.15, -0.1) is 0 Å². The number of benzene rings is 1. The Kier molecular flexibility index (Phi) is 8.35. The molecule has 1 aromatic rings. The van der Waals surface area contributed by atoms with Gasteiger partial charge in [0, 0.05) is 31.3 Å². The highest BCUT2D eigenvalue weighted by Crippen LogP contribution is 2.25. The highest BCUT2D eigenvalue weighted by atomic mass is 16.5. The summed E-state index contributed by atoms with van der Waals surface area (Å²) in [6.07, 6.45) is 1.11. The molecule has 0 aliphatic heterocycles. The maximum Gasteiger partial charge on any atom is 0.123 e. The Labute approximate surface area is 129 Å². The largest absolute Gasteiger partial charge is 0.496 e. The molecule has 1 N–H and O–H groups in total. The second kappa shape index (κ2) is 9.77. The Bertz CT molecular complexity index is 398. The zero-order valence-corrected chi connectivity index (χ0v) is 14.1. The molecule has 1 aromatic carbocycles. The first-order chi connectivity index (χ1) is 10.1. The number of ether oxygens (including phenoxy) is 2. The van der Waals surface area contributed by atoms with Crippen LogP contribution >= 0.6 is 0 Å². The van der Waals surface area contributed by atoms with Gasteiger partial charge in [0.25, 0.3) is 0 Å². The van der Waals surface area contributed by atoms with Crippen LogP contribution in [0.4, 0.5) is 0 Å². The predicted octanol–water partition coefficient (Wildman–Crippen LogP) is 2.70. The van der Waals surface area contributed by atoms with Crippen molar-refractivity contribution in [3.8, 4) is 5.75 Å². The normalized spacial score (nSPS) is 14.2. The molecule has 0 aliphatic carbocycles. The molecule has 0 spiro atoms. The lowest BCUT2D eigenvalue weighted by Gasteiger charge is -2.30. The van der Waals surface area contributed by atoms with Crippen molar-refractivity contribution in [1.82, 2.24) is 10.2 Å². The third-order valence-corrected chi connectivity index (χ3v) is 3.79. The third kappa shape index (κ3) is 5.65. The van der Waals surface area contributed by atoms with Crippen molar-refractivity contribution >= 4 is 0 Å². The molecule has 120 valence electrons. The average Bonchev–Trinajstić information content (AvgIpc) is 2.51. The number of hydrogen-bond donors (Lipinski definition) is 1. The minimum atomic E-state index is 0.255. The van der Waals surface area contributed by atoms with Crippen LogP contribution in [0.2, 0.25) is 0 Å². The molecule has 1 rings (SSSR count). The Balaban J connectivity index is 2.84. The highest BCUT2D eigenvalue weighted by Gasteiger charge is 2.19. The van der Waals surface area contributed by atoms with Crippen LogP contribution in [-0.4, -0.2) is 51.9 Å². The minimum Gasteiger partial charge on any atom is -0.496 e. The van der Waals surface area contributed by atoms with E-state index in [1.807, 2.05) is 12.1 Å². The van der Waals surface area contributed by atoms with Crippen LogP contribution in [0.1, 0.15) is 31.9 Å². The number of para-hydroxylation sites is 1. The van der Waals surface area contributed by atoms with Crippen LogP contribution in [0, 0.1) is 0 Å². The van der Waals surface area contributed by atoms with E-state index in [2.05, 4.69) is 43.2 Å². The summed E-state index contributed by atoms with van der Waals surface area (Å²) in [5.74, 6) is 0.943. The summed E-state index contributed by atoms with van der Waals surface area (Å²) in [6.45, 7) is 7.02. The summed E-state index contributed by atoms with van der Waals surface area (Å²) < 4.78 is 10.8. The lowest BCUT2D eigenvalue weighted by Crippen LogP contribution is -2.40. The highest BCUT2D eigenvalue weighted by molar-refractivity contribution is 5.36. The molecular formula is C17H30N2O2. The van der Waals surface area contributed by atoms with E-state index in [0.29, 0.717) is 6.04 Å². The van der Waals surface area contributed by atoms with Crippen molar-refractivity contribution < 1.29 is 9.47 Å². The van der Waals surface area contributed by atoms with E-state index in [0.717, 1.165) is 31.9 Å². The van der Waals surface area contributed by atoms with Crippen LogP contribution < -0.4 is 10.1 Å². The van der Waals surface area contributed by atoms with Crippen molar-refractivity contribution in [2.24, 2.45) is 0 Å². The molecule has 0 heterocycles. The Morgan fingerprint density at radius 2 is 1.95 bits per heavy atom. The number of likely N-dealkylation sites (N-methyl/N-ethyl adjacent to an activating group) is 1. The standard InChI is InChI=1S/C17H30N2O2/c1-6-11-18-16(12-19(3)14(2)13-20-4)15-9-7-8-10-17(15)21-5/h7-10,14,16,18H,6,11-13H2,1-5H3. The molecule has 2 unspecified atom stereocenters. The Morgan fingerprint density at radius 1 is 1.24 bits per heavy atom. The number of nitrogens with zero attached hydrogens (tertiary/aromatic N) is 1. The fourth-order valence-electron chi connectivity index (χ4n) is 2.38. The maximum atomic E-state index is 5.51. The molecular weight excluding hydrogens is 264 g/mol. The van der Waals surface area contributed by atoms with Gasteiger partial charge in [-0.2, -0.15) is 0 Å². The lowest BCUT2D eigenvalue weighted by atomic mass is 10.0. The van der Waals surface area contributed by atoms with Gasteiger partial charge < -0.3 is 14.8 Å². The molecule has 0 fully saturated rings. The second-order valence-electron chi connectivity index (χ2n) is 5.49. The van der Waals surface area contributed by atoms with Gasteiger partial charge in [-0.3, -0.25) is 4.90 Å². The molecule has 2 atom stereocenters. The van der Waals surface area contributed by atoms with Gasteiger partial charge >= 0.3 is 0 Å². The summed E-state index contributed by atoms with van der Waals surface area (Å²) >= 11 is 0. The van der Waals surface area contributed by atoms with E-state index in [-0.39, 0.29) is 6.04 Å². The number of methoxy groups -OCH3 is 2. The van der Waals surface area contributed by atoms with Gasteiger partial charge in [0.15, 0.2) is 0 Å². The van der Waals surface area contributed by atoms with Crippen molar-refractivity contribution in [2.75, 3.05) is 41.0 Å². The molecule has 4 nitrogen and oxygen atoms in total. The molecule has 4 heteroatoms. The first kappa shape index (κ1) is 18.0. The summed E-state index contributed by atoms with van der Waals surface area (Å²) in [6, 6.07) is 8.88. The number of nitrogens with one attached hydrogen (secondary N) is 1. The zero-order valence-electron chi connectivity index (χ0n) is 14.1. The summed E-state index contributed by atoms with van der Waals surface area (Å²) in [4.78, 5) is 2.32. The topological polar surface area (TPSA) is 33.7 Å². The van der Waals surface area contributed by atoms with Gasteiger partial charge in [0.1, 0.15) is 5.75 Å². The molecule has 0 saturated carbocycles. The quantitative estimate of drug-likeness (QED) is 0.719. The summed E-state index contributed by atoms with van der Waals surface area (Å²) in [5, 5.41) is 3.63. The van der Waals surface area contributed by atoms with E-state index < -0.39 is 0 Å². The van der Waals surface area contributed by atoms with Crippen molar-refractivity contribution in [3.63, 3.8) is 0 Å². The zero-order chi connectivity index (χ0) is 15.7. The van der Waals surface area contributed by atoms with E-state index in [4.69, 9.17) is 9.47 Å². The number of rotatable bonds is 10. The predicted molar refractivity (Wildman–Crippen MR) is 88.0 cm³/mol. The smallest absolute Gasteiger partial charge is 0.123 e. The molecule has 0 bridgehead atoms. The van der Waals surface area contributed by atoms with Gasteiger partial charge in [-0.05, 0) is 33.0 Å². The number of hydrogen-bond acceptors (Lipinski definition) is 4. The van der Waals surface area contributed by atoms with Gasteiger partial charge in [0.05, 0.1) is 13.7 Å².